The monoisotopic (exact) mass is 261 g/mol. The van der Waals surface area contributed by atoms with Crippen LogP contribution in [0, 0.1) is 11.3 Å². The molecule has 90 valence electrons. The molecule has 0 unspecified atom stereocenters. The standard InChI is InChI=1S/C11H8ClN5O/c12-10-2-1-8(6-14-10)16-11-9(17-18)3-7(4-13)5-15-11/h1-3,5-6,17-18H,(H,15,16). The quantitative estimate of drug-likeness (QED) is 0.581. The van der Waals surface area contributed by atoms with Crippen molar-refractivity contribution in [3.63, 3.8) is 0 Å². The fourth-order valence-electron chi connectivity index (χ4n) is 1.30. The lowest BCUT2D eigenvalue weighted by molar-refractivity contribution is 0.389. The van der Waals surface area contributed by atoms with E-state index in [-0.39, 0.29) is 0 Å². The van der Waals surface area contributed by atoms with E-state index in [0.717, 1.165) is 0 Å². The Bertz CT molecular complexity index is 593. The first-order valence-corrected chi connectivity index (χ1v) is 5.29. The molecule has 6 nitrogen and oxygen atoms in total. The van der Waals surface area contributed by atoms with Crippen molar-refractivity contribution in [1.82, 2.24) is 9.97 Å². The van der Waals surface area contributed by atoms with E-state index in [1.807, 2.05) is 11.5 Å². The summed E-state index contributed by atoms with van der Waals surface area (Å²) in [6.07, 6.45) is 2.93. The average Bonchev–Trinajstić information content (AvgIpc) is 2.41. The van der Waals surface area contributed by atoms with Gasteiger partial charge in [0.25, 0.3) is 0 Å². The Kier molecular flexibility index (Phi) is 3.57. The Morgan fingerprint density at radius 1 is 1.28 bits per heavy atom. The number of aromatic nitrogens is 2. The zero-order valence-electron chi connectivity index (χ0n) is 9.05. The summed E-state index contributed by atoms with van der Waals surface area (Å²) in [7, 11) is 0. The molecule has 0 amide bonds. The summed E-state index contributed by atoms with van der Waals surface area (Å²) in [5.41, 5.74) is 3.27. The number of halogens is 1. The molecule has 2 aromatic rings. The summed E-state index contributed by atoms with van der Waals surface area (Å²) in [6, 6.07) is 6.74. The van der Waals surface area contributed by atoms with E-state index in [4.69, 9.17) is 22.1 Å². The summed E-state index contributed by atoms with van der Waals surface area (Å²) in [4.78, 5) is 7.93. The Morgan fingerprint density at radius 2 is 2.11 bits per heavy atom. The van der Waals surface area contributed by atoms with Crippen molar-refractivity contribution >= 4 is 28.8 Å². The normalized spacial score (nSPS) is 9.61. The molecule has 3 N–H and O–H groups in total. The summed E-state index contributed by atoms with van der Waals surface area (Å²) in [5, 5.41) is 21.0. The molecule has 0 aliphatic heterocycles. The number of hydrogen-bond acceptors (Lipinski definition) is 6. The molecule has 0 fully saturated rings. The lowest BCUT2D eigenvalue weighted by Crippen LogP contribution is -2.01. The van der Waals surface area contributed by atoms with Gasteiger partial charge < -0.3 is 5.32 Å². The van der Waals surface area contributed by atoms with Gasteiger partial charge in [-0.1, -0.05) is 11.6 Å². The van der Waals surface area contributed by atoms with Gasteiger partial charge in [0.05, 0.1) is 17.4 Å². The van der Waals surface area contributed by atoms with Gasteiger partial charge >= 0.3 is 0 Å². The number of nitrogens with zero attached hydrogens (tertiary/aromatic N) is 3. The Morgan fingerprint density at radius 3 is 2.72 bits per heavy atom. The molecule has 0 aromatic carbocycles. The third kappa shape index (κ3) is 2.66. The van der Waals surface area contributed by atoms with Crippen LogP contribution in [0.5, 0.6) is 0 Å². The molecule has 2 heterocycles. The van der Waals surface area contributed by atoms with Crippen LogP contribution in [-0.2, 0) is 0 Å². The van der Waals surface area contributed by atoms with E-state index < -0.39 is 0 Å². The van der Waals surface area contributed by atoms with Crippen LogP contribution in [0.25, 0.3) is 0 Å². The van der Waals surface area contributed by atoms with Gasteiger partial charge in [-0.15, -0.1) is 0 Å². The SMILES string of the molecule is N#Cc1cnc(Nc2ccc(Cl)nc2)c(NO)c1. The topological polar surface area (TPSA) is 93.9 Å². The van der Waals surface area contributed by atoms with Crippen molar-refractivity contribution in [3.05, 3.63) is 41.3 Å². The molecule has 0 saturated heterocycles. The van der Waals surface area contributed by atoms with Crippen molar-refractivity contribution in [1.29, 1.82) is 5.26 Å². The molecule has 0 aliphatic rings. The fourth-order valence-corrected chi connectivity index (χ4v) is 1.41. The summed E-state index contributed by atoms with van der Waals surface area (Å²) in [6.45, 7) is 0. The second-order valence-electron chi connectivity index (χ2n) is 3.34. The van der Waals surface area contributed by atoms with E-state index in [9.17, 15) is 0 Å². The van der Waals surface area contributed by atoms with E-state index in [0.29, 0.717) is 27.9 Å². The minimum Gasteiger partial charge on any atom is -0.337 e. The number of hydrogen-bond donors (Lipinski definition) is 3. The molecule has 0 bridgehead atoms. The van der Waals surface area contributed by atoms with Crippen LogP contribution in [0.4, 0.5) is 17.2 Å². The molecule has 7 heteroatoms. The van der Waals surface area contributed by atoms with Gasteiger partial charge in [0, 0.05) is 6.20 Å². The van der Waals surface area contributed by atoms with E-state index in [1.54, 1.807) is 12.1 Å². The third-order valence-corrected chi connectivity index (χ3v) is 2.35. The van der Waals surface area contributed by atoms with Gasteiger partial charge in [0.1, 0.15) is 16.9 Å². The molecule has 0 aliphatic carbocycles. The maximum Gasteiger partial charge on any atom is 0.156 e. The van der Waals surface area contributed by atoms with Crippen LogP contribution in [0.2, 0.25) is 5.15 Å². The van der Waals surface area contributed by atoms with Crippen LogP contribution in [-0.4, -0.2) is 15.2 Å². The summed E-state index contributed by atoms with van der Waals surface area (Å²) >= 11 is 5.67. The first kappa shape index (κ1) is 12.1. The zero-order chi connectivity index (χ0) is 13.0. The number of nitriles is 1. The van der Waals surface area contributed by atoms with Gasteiger partial charge in [-0.25, -0.2) is 9.97 Å². The molecule has 0 radical (unpaired) electrons. The van der Waals surface area contributed by atoms with Crippen LogP contribution in [0.3, 0.4) is 0 Å². The van der Waals surface area contributed by atoms with E-state index in [2.05, 4.69) is 15.3 Å². The Balaban J connectivity index is 2.29. The maximum atomic E-state index is 8.98. The highest BCUT2D eigenvalue weighted by Gasteiger charge is 2.05. The van der Waals surface area contributed by atoms with Crippen molar-refractivity contribution in [2.45, 2.75) is 0 Å². The first-order valence-electron chi connectivity index (χ1n) is 4.92. The molecule has 0 atom stereocenters. The minimum absolute atomic E-state index is 0.295. The fraction of sp³-hybridized carbons (Fsp3) is 0. The summed E-state index contributed by atoms with van der Waals surface area (Å²) in [5.74, 6) is 0.376. The first-order chi connectivity index (χ1) is 8.72. The van der Waals surface area contributed by atoms with Crippen LogP contribution in [0.15, 0.2) is 30.6 Å². The highest BCUT2D eigenvalue weighted by molar-refractivity contribution is 6.29. The number of anilines is 3. The zero-order valence-corrected chi connectivity index (χ0v) is 9.81. The Hall–Kier alpha value is -2.36. The molecule has 2 rings (SSSR count). The smallest absolute Gasteiger partial charge is 0.156 e. The highest BCUT2D eigenvalue weighted by Crippen LogP contribution is 2.23. The second kappa shape index (κ2) is 5.31. The summed E-state index contributed by atoms with van der Waals surface area (Å²) < 4.78 is 0. The molecule has 18 heavy (non-hydrogen) atoms. The van der Waals surface area contributed by atoms with Gasteiger partial charge in [-0.05, 0) is 18.2 Å². The molecule has 0 spiro atoms. The van der Waals surface area contributed by atoms with E-state index in [1.165, 1.54) is 18.5 Å². The van der Waals surface area contributed by atoms with Crippen molar-refractivity contribution in [2.24, 2.45) is 0 Å². The highest BCUT2D eigenvalue weighted by atomic mass is 35.5. The minimum atomic E-state index is 0.295. The predicted molar refractivity (Wildman–Crippen MR) is 66.9 cm³/mol. The van der Waals surface area contributed by atoms with Crippen LogP contribution < -0.4 is 10.8 Å². The number of pyridine rings is 2. The number of nitrogens with one attached hydrogen (secondary N) is 2. The van der Waals surface area contributed by atoms with Crippen LogP contribution in [0.1, 0.15) is 5.56 Å². The second-order valence-corrected chi connectivity index (χ2v) is 3.73. The van der Waals surface area contributed by atoms with Gasteiger partial charge in [-0.3, -0.25) is 10.7 Å². The lowest BCUT2D eigenvalue weighted by Gasteiger charge is -2.09. The van der Waals surface area contributed by atoms with Gasteiger partial charge in [0.2, 0.25) is 0 Å². The van der Waals surface area contributed by atoms with Crippen molar-refractivity contribution < 1.29 is 5.21 Å². The van der Waals surface area contributed by atoms with Crippen molar-refractivity contribution in [3.8, 4) is 6.07 Å². The van der Waals surface area contributed by atoms with E-state index >= 15 is 0 Å². The van der Waals surface area contributed by atoms with Gasteiger partial charge in [0.15, 0.2) is 5.82 Å². The average molecular weight is 262 g/mol. The van der Waals surface area contributed by atoms with Crippen LogP contribution >= 0.6 is 11.6 Å². The maximum absolute atomic E-state index is 8.98. The number of rotatable bonds is 3. The molecule has 2 aromatic heterocycles. The molecule has 0 saturated carbocycles. The molecular weight excluding hydrogens is 254 g/mol. The Labute approximate surface area is 108 Å². The largest absolute Gasteiger partial charge is 0.337 e. The molecular formula is C11H8ClN5O. The lowest BCUT2D eigenvalue weighted by atomic mass is 10.2. The predicted octanol–water partition coefficient (Wildman–Crippen LogP) is 2.55. The third-order valence-electron chi connectivity index (χ3n) is 2.13. The van der Waals surface area contributed by atoms with Gasteiger partial charge in [-0.2, -0.15) is 5.26 Å². The van der Waals surface area contributed by atoms with Crippen molar-refractivity contribution in [2.75, 3.05) is 10.8 Å².